The minimum atomic E-state index is -0.658. The molecule has 7 nitrogen and oxygen atoms in total. The summed E-state index contributed by atoms with van der Waals surface area (Å²) in [4.78, 5) is 39.1. The summed E-state index contributed by atoms with van der Waals surface area (Å²) in [6, 6.07) is 7.46. The molecule has 1 fully saturated rings. The van der Waals surface area contributed by atoms with Gasteiger partial charge in [-0.2, -0.15) is 0 Å². The Morgan fingerprint density at radius 3 is 2.70 bits per heavy atom. The zero-order chi connectivity index (χ0) is 19.4. The quantitative estimate of drug-likeness (QED) is 0.761. The molecule has 2 aromatic rings. The molecule has 0 aliphatic carbocycles. The molecule has 2 N–H and O–H groups in total. The van der Waals surface area contributed by atoms with E-state index in [-0.39, 0.29) is 24.7 Å². The third-order valence-electron chi connectivity index (χ3n) is 4.56. The predicted molar refractivity (Wildman–Crippen MR) is 98.7 cm³/mol. The van der Waals surface area contributed by atoms with Crippen LogP contribution < -0.4 is 10.6 Å². The zero-order valence-electron chi connectivity index (χ0n) is 15.5. The minimum Gasteiger partial charge on any atom is -0.441 e. The summed E-state index contributed by atoms with van der Waals surface area (Å²) in [5.41, 5.74) is 2.19. The summed E-state index contributed by atoms with van der Waals surface area (Å²) in [5, 5.41) is 4.86. The second-order valence-corrected chi connectivity index (χ2v) is 6.97. The van der Waals surface area contributed by atoms with Gasteiger partial charge >= 0.3 is 0 Å². The molecular formula is C20H23N3O4. The molecular weight excluding hydrogens is 346 g/mol. The van der Waals surface area contributed by atoms with E-state index < -0.39 is 11.9 Å². The molecule has 2 heterocycles. The lowest BCUT2D eigenvalue weighted by Gasteiger charge is -2.21. The van der Waals surface area contributed by atoms with Crippen molar-refractivity contribution in [3.05, 3.63) is 41.9 Å². The molecule has 1 aromatic carbocycles. The van der Waals surface area contributed by atoms with E-state index in [9.17, 15) is 14.4 Å². The third kappa shape index (κ3) is 4.81. The van der Waals surface area contributed by atoms with Crippen LogP contribution in [0.2, 0.25) is 0 Å². The van der Waals surface area contributed by atoms with Crippen LogP contribution in [0.3, 0.4) is 0 Å². The van der Waals surface area contributed by atoms with Crippen LogP contribution in [0.1, 0.15) is 50.5 Å². The molecule has 0 spiro atoms. The number of benzene rings is 1. The molecule has 0 bridgehead atoms. The van der Waals surface area contributed by atoms with E-state index >= 15 is 0 Å². The lowest BCUT2D eigenvalue weighted by atomic mass is 10.0. The lowest BCUT2D eigenvalue weighted by Crippen LogP contribution is -2.52. The van der Waals surface area contributed by atoms with E-state index in [0.717, 1.165) is 5.56 Å². The van der Waals surface area contributed by atoms with Gasteiger partial charge in [0, 0.05) is 24.8 Å². The molecule has 1 unspecified atom stereocenters. The third-order valence-corrected chi connectivity index (χ3v) is 4.56. The standard InChI is InChI=1S/C20H23N3O4/c1-12(2)13-3-5-14(6-4-13)16-11-21-19(27-16)10-9-17(24)22-15-7-8-18(25)23-20(15)26/h3-6,11-12,15H,7-10H2,1-2H3,(H,22,24)(H,23,25,26). The van der Waals surface area contributed by atoms with Crippen LogP contribution in [0.25, 0.3) is 11.3 Å². The zero-order valence-corrected chi connectivity index (χ0v) is 15.5. The van der Waals surface area contributed by atoms with Crippen molar-refractivity contribution in [3.8, 4) is 11.3 Å². The molecule has 142 valence electrons. The number of imide groups is 1. The molecule has 1 aliphatic rings. The van der Waals surface area contributed by atoms with E-state index in [1.807, 2.05) is 12.1 Å². The Hall–Kier alpha value is -2.96. The van der Waals surface area contributed by atoms with E-state index in [4.69, 9.17) is 4.42 Å². The first kappa shape index (κ1) is 18.8. The Balaban J connectivity index is 1.52. The van der Waals surface area contributed by atoms with Crippen molar-refractivity contribution in [1.29, 1.82) is 0 Å². The summed E-state index contributed by atoms with van der Waals surface area (Å²) in [5.74, 6) is 0.557. The number of nitrogens with one attached hydrogen (secondary N) is 2. The van der Waals surface area contributed by atoms with Crippen molar-refractivity contribution in [2.45, 2.75) is 51.5 Å². The van der Waals surface area contributed by atoms with Crippen molar-refractivity contribution in [1.82, 2.24) is 15.6 Å². The first-order valence-corrected chi connectivity index (χ1v) is 9.10. The maximum atomic E-state index is 12.0. The largest absolute Gasteiger partial charge is 0.441 e. The number of carbonyl (C=O) groups is 3. The van der Waals surface area contributed by atoms with Crippen LogP contribution in [-0.2, 0) is 20.8 Å². The number of oxazole rings is 1. The number of amides is 3. The highest BCUT2D eigenvalue weighted by Crippen LogP contribution is 2.23. The van der Waals surface area contributed by atoms with Gasteiger partial charge < -0.3 is 9.73 Å². The first-order chi connectivity index (χ1) is 12.9. The fraction of sp³-hybridized carbons (Fsp3) is 0.400. The molecule has 1 aromatic heterocycles. The van der Waals surface area contributed by atoms with Gasteiger partial charge in [-0.25, -0.2) is 4.98 Å². The second kappa shape index (κ2) is 8.16. The number of hydrogen-bond acceptors (Lipinski definition) is 5. The van der Waals surface area contributed by atoms with Gasteiger partial charge in [0.25, 0.3) is 0 Å². The minimum absolute atomic E-state index is 0.157. The second-order valence-electron chi connectivity index (χ2n) is 6.97. The van der Waals surface area contributed by atoms with Crippen LogP contribution in [0, 0.1) is 0 Å². The first-order valence-electron chi connectivity index (χ1n) is 9.10. The normalized spacial score (nSPS) is 17.1. The van der Waals surface area contributed by atoms with E-state index in [1.54, 1.807) is 6.20 Å². The molecule has 1 atom stereocenters. The Morgan fingerprint density at radius 1 is 1.30 bits per heavy atom. The van der Waals surface area contributed by atoms with Crippen LogP contribution in [0.15, 0.2) is 34.9 Å². The Labute approximate surface area is 157 Å². The number of carbonyl (C=O) groups excluding carboxylic acids is 3. The van der Waals surface area contributed by atoms with Crippen LogP contribution in [0.5, 0.6) is 0 Å². The molecule has 1 saturated heterocycles. The van der Waals surface area contributed by atoms with Gasteiger partial charge in [-0.3, -0.25) is 19.7 Å². The fourth-order valence-corrected chi connectivity index (χ4v) is 2.91. The van der Waals surface area contributed by atoms with Gasteiger partial charge in [-0.05, 0) is 17.9 Å². The van der Waals surface area contributed by atoms with E-state index in [0.29, 0.717) is 30.4 Å². The number of hydrogen-bond donors (Lipinski definition) is 2. The van der Waals surface area contributed by atoms with E-state index in [2.05, 4.69) is 41.6 Å². The number of aryl methyl sites for hydroxylation is 1. The number of piperidine rings is 1. The van der Waals surface area contributed by atoms with Gasteiger partial charge in [-0.1, -0.05) is 38.1 Å². The monoisotopic (exact) mass is 369 g/mol. The van der Waals surface area contributed by atoms with Gasteiger partial charge in [-0.15, -0.1) is 0 Å². The van der Waals surface area contributed by atoms with Crippen molar-refractivity contribution in [2.75, 3.05) is 0 Å². The van der Waals surface area contributed by atoms with E-state index in [1.165, 1.54) is 5.56 Å². The average Bonchev–Trinajstić information content (AvgIpc) is 3.11. The van der Waals surface area contributed by atoms with Crippen LogP contribution in [0.4, 0.5) is 0 Å². The summed E-state index contributed by atoms with van der Waals surface area (Å²) in [7, 11) is 0. The van der Waals surface area contributed by atoms with Crippen LogP contribution >= 0.6 is 0 Å². The van der Waals surface area contributed by atoms with Crippen molar-refractivity contribution < 1.29 is 18.8 Å². The average molecular weight is 369 g/mol. The molecule has 3 rings (SSSR count). The SMILES string of the molecule is CC(C)c1ccc(-c2cnc(CCC(=O)NC3CCC(=O)NC3=O)o2)cc1. The van der Waals surface area contributed by atoms with Crippen molar-refractivity contribution in [3.63, 3.8) is 0 Å². The van der Waals surface area contributed by atoms with Crippen molar-refractivity contribution >= 4 is 17.7 Å². The molecule has 3 amide bonds. The van der Waals surface area contributed by atoms with Gasteiger partial charge in [0.1, 0.15) is 6.04 Å². The summed E-state index contributed by atoms with van der Waals surface area (Å²) >= 11 is 0. The summed E-state index contributed by atoms with van der Waals surface area (Å²) in [6.07, 6.45) is 2.70. The highest BCUT2D eigenvalue weighted by Gasteiger charge is 2.27. The number of aromatic nitrogens is 1. The van der Waals surface area contributed by atoms with Gasteiger partial charge in [0.05, 0.1) is 6.20 Å². The Morgan fingerprint density at radius 2 is 2.04 bits per heavy atom. The fourth-order valence-electron chi connectivity index (χ4n) is 2.91. The van der Waals surface area contributed by atoms with Gasteiger partial charge in [0.15, 0.2) is 11.7 Å². The number of rotatable bonds is 6. The topological polar surface area (TPSA) is 101 Å². The highest BCUT2D eigenvalue weighted by molar-refractivity contribution is 6.01. The molecule has 7 heteroatoms. The molecule has 0 saturated carbocycles. The Bertz CT molecular complexity index is 839. The lowest BCUT2D eigenvalue weighted by molar-refractivity contribution is -0.137. The molecule has 1 aliphatic heterocycles. The molecule has 0 radical (unpaired) electrons. The number of nitrogens with zero attached hydrogens (tertiary/aromatic N) is 1. The maximum Gasteiger partial charge on any atom is 0.249 e. The predicted octanol–water partition coefficient (Wildman–Crippen LogP) is 2.32. The van der Waals surface area contributed by atoms with Gasteiger partial charge in [0.2, 0.25) is 17.7 Å². The summed E-state index contributed by atoms with van der Waals surface area (Å²) in [6.45, 7) is 4.28. The highest BCUT2D eigenvalue weighted by atomic mass is 16.4. The molecule has 27 heavy (non-hydrogen) atoms. The van der Waals surface area contributed by atoms with Crippen molar-refractivity contribution in [2.24, 2.45) is 0 Å². The Kier molecular flexibility index (Phi) is 5.69. The van der Waals surface area contributed by atoms with Crippen LogP contribution in [-0.4, -0.2) is 28.7 Å². The maximum absolute atomic E-state index is 12.0. The smallest absolute Gasteiger partial charge is 0.249 e. The summed E-state index contributed by atoms with van der Waals surface area (Å²) < 4.78 is 5.73.